The molecular weight excluding hydrogens is 258 g/mol. The van der Waals surface area contributed by atoms with Crippen LogP contribution in [0.1, 0.15) is 19.8 Å². The average Bonchev–Trinajstić information content (AvgIpc) is 1.88. The second-order valence-electron chi connectivity index (χ2n) is 2.61. The van der Waals surface area contributed by atoms with Gasteiger partial charge in [0.1, 0.15) is 0 Å². The van der Waals surface area contributed by atoms with Crippen molar-refractivity contribution in [2.24, 2.45) is 0 Å². The first-order valence-electron chi connectivity index (χ1n) is 3.70. The standard InChI is InChI=1S/C7H14OSe2/c1-6(8)5-7-9-3-2-4-10-7/h6-8H,2-5H2,1H3. The van der Waals surface area contributed by atoms with E-state index < -0.39 is 0 Å². The van der Waals surface area contributed by atoms with E-state index >= 15 is 0 Å². The van der Waals surface area contributed by atoms with Crippen LogP contribution in [-0.2, 0) is 0 Å². The van der Waals surface area contributed by atoms with E-state index in [9.17, 15) is 0 Å². The van der Waals surface area contributed by atoms with Gasteiger partial charge in [-0.2, -0.15) is 0 Å². The van der Waals surface area contributed by atoms with Gasteiger partial charge in [0.15, 0.2) is 0 Å². The molecule has 0 radical (unpaired) electrons. The molecule has 10 heavy (non-hydrogen) atoms. The van der Waals surface area contributed by atoms with Crippen LogP contribution in [0.25, 0.3) is 0 Å². The third kappa shape index (κ3) is 3.41. The number of hydrogen-bond donors (Lipinski definition) is 1. The Morgan fingerprint density at radius 2 is 2.10 bits per heavy atom. The van der Waals surface area contributed by atoms with Gasteiger partial charge in [0, 0.05) is 0 Å². The van der Waals surface area contributed by atoms with Crippen LogP contribution in [0.2, 0.25) is 14.4 Å². The maximum absolute atomic E-state index is 9.12. The zero-order valence-electron chi connectivity index (χ0n) is 6.25. The van der Waals surface area contributed by atoms with Crippen molar-refractivity contribution in [2.75, 3.05) is 0 Å². The third-order valence-corrected chi connectivity index (χ3v) is 8.96. The first-order chi connectivity index (χ1) is 4.79. The number of hydrogen-bond acceptors (Lipinski definition) is 1. The van der Waals surface area contributed by atoms with Gasteiger partial charge in [-0.3, -0.25) is 0 Å². The van der Waals surface area contributed by atoms with Gasteiger partial charge in [-0.05, 0) is 0 Å². The summed E-state index contributed by atoms with van der Waals surface area (Å²) in [6.07, 6.45) is 2.50. The van der Waals surface area contributed by atoms with Crippen LogP contribution < -0.4 is 0 Å². The molecule has 1 fully saturated rings. The number of aliphatic hydroxyl groups is 1. The van der Waals surface area contributed by atoms with Gasteiger partial charge in [0.2, 0.25) is 0 Å². The van der Waals surface area contributed by atoms with Crippen LogP contribution >= 0.6 is 0 Å². The Balaban J connectivity index is 2.13. The van der Waals surface area contributed by atoms with Gasteiger partial charge < -0.3 is 0 Å². The van der Waals surface area contributed by atoms with Gasteiger partial charge in [0.05, 0.1) is 0 Å². The Labute approximate surface area is 75.3 Å². The van der Waals surface area contributed by atoms with Crippen LogP contribution in [0.5, 0.6) is 0 Å². The molecule has 0 aromatic rings. The minimum absolute atomic E-state index is 0.0492. The monoisotopic (exact) mass is 274 g/mol. The number of rotatable bonds is 2. The second kappa shape index (κ2) is 4.79. The van der Waals surface area contributed by atoms with E-state index in [4.69, 9.17) is 5.11 Å². The molecule has 1 saturated heterocycles. The predicted molar refractivity (Wildman–Crippen MR) is 45.8 cm³/mol. The molecule has 60 valence electrons. The molecule has 1 nitrogen and oxygen atoms in total. The molecule has 1 aliphatic heterocycles. The fraction of sp³-hybridized carbons (Fsp3) is 1.00. The van der Waals surface area contributed by atoms with E-state index in [1.165, 1.54) is 17.1 Å². The van der Waals surface area contributed by atoms with E-state index in [2.05, 4.69) is 0 Å². The molecule has 1 N–H and O–H groups in total. The van der Waals surface area contributed by atoms with Crippen LogP contribution in [-0.4, -0.2) is 41.1 Å². The zero-order valence-corrected chi connectivity index (χ0v) is 9.67. The summed E-state index contributed by atoms with van der Waals surface area (Å²) < 4.78 is 0.953. The van der Waals surface area contributed by atoms with E-state index in [-0.39, 0.29) is 6.10 Å². The molecule has 0 amide bonds. The van der Waals surface area contributed by atoms with Crippen LogP contribution in [0.3, 0.4) is 0 Å². The molecule has 1 aliphatic rings. The fourth-order valence-electron chi connectivity index (χ4n) is 0.951. The van der Waals surface area contributed by atoms with Crippen molar-refractivity contribution in [3.8, 4) is 0 Å². The van der Waals surface area contributed by atoms with Gasteiger partial charge >= 0.3 is 75.2 Å². The molecule has 3 heteroatoms. The van der Waals surface area contributed by atoms with Crippen LogP contribution in [0.15, 0.2) is 0 Å². The minimum atomic E-state index is -0.0492. The Hall–Kier alpha value is 0.999. The molecule has 1 heterocycles. The topological polar surface area (TPSA) is 20.2 Å². The summed E-state index contributed by atoms with van der Waals surface area (Å²) in [6.45, 7) is 1.92. The van der Waals surface area contributed by atoms with Gasteiger partial charge in [-0.15, -0.1) is 0 Å². The van der Waals surface area contributed by atoms with Gasteiger partial charge in [0.25, 0.3) is 0 Å². The fourth-order valence-corrected chi connectivity index (χ4v) is 9.37. The molecule has 0 aromatic heterocycles. The van der Waals surface area contributed by atoms with Crippen molar-refractivity contribution in [2.45, 2.75) is 40.2 Å². The summed E-state index contributed by atoms with van der Waals surface area (Å²) in [4.78, 5) is 0. The Bertz CT molecular complexity index is 89.6. The van der Waals surface area contributed by atoms with Gasteiger partial charge in [-0.1, -0.05) is 0 Å². The van der Waals surface area contributed by atoms with Crippen molar-refractivity contribution in [1.29, 1.82) is 0 Å². The summed E-state index contributed by atoms with van der Waals surface area (Å²) in [7, 11) is 0. The molecule has 1 atom stereocenters. The molecule has 1 rings (SSSR count). The van der Waals surface area contributed by atoms with E-state index in [1.807, 2.05) is 6.92 Å². The predicted octanol–water partition coefficient (Wildman–Crippen LogP) is 1.15. The van der Waals surface area contributed by atoms with Crippen molar-refractivity contribution < 1.29 is 5.11 Å². The van der Waals surface area contributed by atoms with Crippen molar-refractivity contribution in [1.82, 2.24) is 0 Å². The first kappa shape index (κ1) is 9.09. The summed E-state index contributed by atoms with van der Waals surface area (Å²) >= 11 is 1.74. The van der Waals surface area contributed by atoms with Crippen LogP contribution in [0.4, 0.5) is 0 Å². The van der Waals surface area contributed by atoms with Crippen molar-refractivity contribution in [3.05, 3.63) is 0 Å². The van der Waals surface area contributed by atoms with E-state index in [0.717, 1.165) is 40.0 Å². The Kier molecular flexibility index (Phi) is 4.36. The summed E-state index contributed by atoms with van der Waals surface area (Å²) in [5.74, 6) is 0. The Morgan fingerprint density at radius 3 is 2.60 bits per heavy atom. The molecular formula is C7H14OSe2. The normalized spacial score (nSPS) is 24.6. The SMILES string of the molecule is CC(O)CC1[Se]CCC[Se]1. The Morgan fingerprint density at radius 1 is 1.50 bits per heavy atom. The average molecular weight is 272 g/mol. The third-order valence-electron chi connectivity index (χ3n) is 1.43. The van der Waals surface area contributed by atoms with E-state index in [0.29, 0.717) is 0 Å². The molecule has 0 aromatic carbocycles. The molecule has 0 saturated carbocycles. The number of aliphatic hydroxyl groups excluding tert-OH is 1. The molecule has 0 bridgehead atoms. The van der Waals surface area contributed by atoms with Crippen molar-refractivity contribution >= 4 is 29.9 Å². The van der Waals surface area contributed by atoms with Crippen LogP contribution in [0, 0.1) is 0 Å². The summed E-state index contributed by atoms with van der Waals surface area (Å²) in [5.41, 5.74) is 0. The maximum atomic E-state index is 9.12. The molecule has 1 unspecified atom stereocenters. The molecule has 0 aliphatic carbocycles. The molecule has 0 spiro atoms. The quantitative estimate of drug-likeness (QED) is 0.748. The zero-order chi connectivity index (χ0) is 7.40. The second-order valence-corrected chi connectivity index (χ2v) is 9.62. The summed E-state index contributed by atoms with van der Waals surface area (Å²) in [5, 5.41) is 12.1. The summed E-state index contributed by atoms with van der Waals surface area (Å²) in [6, 6.07) is 0. The van der Waals surface area contributed by atoms with Gasteiger partial charge in [-0.25, -0.2) is 0 Å². The first-order valence-corrected chi connectivity index (χ1v) is 8.10. The van der Waals surface area contributed by atoms with E-state index in [1.54, 1.807) is 0 Å². The van der Waals surface area contributed by atoms with Crippen molar-refractivity contribution in [3.63, 3.8) is 0 Å².